The molecule has 0 bridgehead atoms. The van der Waals surface area contributed by atoms with Gasteiger partial charge in [-0.3, -0.25) is 0 Å². The molecule has 1 atom stereocenters. The first-order valence-electron chi connectivity index (χ1n) is 9.00. The second kappa shape index (κ2) is 8.84. The number of carboxylic acids is 1. The van der Waals surface area contributed by atoms with Crippen molar-refractivity contribution in [2.75, 3.05) is 12.9 Å². The Labute approximate surface area is 171 Å². The Bertz CT molecular complexity index is 958. The smallest absolute Gasteiger partial charge is 0.335 e. The van der Waals surface area contributed by atoms with Gasteiger partial charge in [0.05, 0.1) is 22.7 Å². The molecule has 0 radical (unpaired) electrons. The van der Waals surface area contributed by atoms with Gasteiger partial charge in [-0.15, -0.1) is 0 Å². The van der Waals surface area contributed by atoms with Crippen molar-refractivity contribution in [2.24, 2.45) is 0 Å². The standard InChI is InChI=1S/C21H26O7S/c1-14(13-26-21(2,3)4)27-17-10-15(20(22)23)11-18(12-17)28-16-6-8-19(9-7-16)29(5,24)25/h6-12,14H,13H2,1-5H3,(H,22,23). The highest BCUT2D eigenvalue weighted by molar-refractivity contribution is 7.90. The Morgan fingerprint density at radius 3 is 2.14 bits per heavy atom. The maximum Gasteiger partial charge on any atom is 0.335 e. The van der Waals surface area contributed by atoms with E-state index >= 15 is 0 Å². The molecule has 158 valence electrons. The Morgan fingerprint density at radius 2 is 1.62 bits per heavy atom. The molecule has 0 spiro atoms. The van der Waals surface area contributed by atoms with Crippen molar-refractivity contribution in [3.05, 3.63) is 48.0 Å². The number of hydrogen-bond donors (Lipinski definition) is 1. The fourth-order valence-electron chi connectivity index (χ4n) is 2.35. The molecule has 0 aliphatic carbocycles. The lowest BCUT2D eigenvalue weighted by Crippen LogP contribution is -2.27. The molecule has 0 aromatic heterocycles. The summed E-state index contributed by atoms with van der Waals surface area (Å²) in [5.41, 5.74) is -0.304. The van der Waals surface area contributed by atoms with Crippen LogP contribution in [-0.2, 0) is 14.6 Å². The number of hydrogen-bond acceptors (Lipinski definition) is 6. The predicted octanol–water partition coefficient (Wildman–Crippen LogP) is 4.16. The summed E-state index contributed by atoms with van der Waals surface area (Å²) >= 11 is 0. The summed E-state index contributed by atoms with van der Waals surface area (Å²) in [5, 5.41) is 9.37. The van der Waals surface area contributed by atoms with E-state index in [4.69, 9.17) is 14.2 Å². The molecule has 0 aliphatic rings. The first kappa shape index (κ1) is 22.7. The first-order valence-corrected chi connectivity index (χ1v) is 10.9. The number of carbonyl (C=O) groups is 1. The van der Waals surface area contributed by atoms with E-state index in [1.54, 1.807) is 6.07 Å². The Balaban J connectivity index is 2.20. The Morgan fingerprint density at radius 1 is 1.03 bits per heavy atom. The van der Waals surface area contributed by atoms with Gasteiger partial charge in [0.1, 0.15) is 23.4 Å². The maximum absolute atomic E-state index is 11.6. The number of carboxylic acid groups (broad SMARTS) is 1. The Kier molecular flexibility index (Phi) is 6.92. The zero-order chi connectivity index (χ0) is 21.8. The van der Waals surface area contributed by atoms with Crippen molar-refractivity contribution in [3.8, 4) is 17.2 Å². The van der Waals surface area contributed by atoms with Gasteiger partial charge in [0, 0.05) is 12.3 Å². The zero-order valence-corrected chi connectivity index (χ0v) is 17.9. The van der Waals surface area contributed by atoms with E-state index in [1.807, 2.05) is 27.7 Å². The molecule has 7 nitrogen and oxygen atoms in total. The van der Waals surface area contributed by atoms with E-state index in [0.717, 1.165) is 6.26 Å². The summed E-state index contributed by atoms with van der Waals surface area (Å²) in [6.07, 6.45) is 0.813. The molecule has 0 aliphatic heterocycles. The molecule has 2 aromatic rings. The van der Waals surface area contributed by atoms with E-state index in [2.05, 4.69) is 0 Å². The molecule has 29 heavy (non-hydrogen) atoms. The number of ether oxygens (including phenoxy) is 3. The monoisotopic (exact) mass is 422 g/mol. The van der Waals surface area contributed by atoms with Gasteiger partial charge in [-0.05, 0) is 64.1 Å². The minimum absolute atomic E-state index is 0.00851. The quantitative estimate of drug-likeness (QED) is 0.682. The highest BCUT2D eigenvalue weighted by atomic mass is 32.2. The van der Waals surface area contributed by atoms with Crippen LogP contribution in [-0.4, -0.2) is 44.1 Å². The average Bonchev–Trinajstić information content (AvgIpc) is 2.59. The van der Waals surface area contributed by atoms with Gasteiger partial charge in [0.15, 0.2) is 9.84 Å². The number of rotatable bonds is 8. The molecular formula is C21H26O7S. The van der Waals surface area contributed by atoms with Crippen LogP contribution in [0.5, 0.6) is 17.2 Å². The van der Waals surface area contributed by atoms with E-state index in [1.165, 1.54) is 36.4 Å². The molecule has 0 saturated heterocycles. The highest BCUT2D eigenvalue weighted by Gasteiger charge is 2.16. The fourth-order valence-corrected chi connectivity index (χ4v) is 2.98. The Hall–Kier alpha value is -2.58. The average molecular weight is 422 g/mol. The van der Waals surface area contributed by atoms with Crippen molar-refractivity contribution >= 4 is 15.8 Å². The lowest BCUT2D eigenvalue weighted by Gasteiger charge is -2.23. The van der Waals surface area contributed by atoms with E-state index in [9.17, 15) is 18.3 Å². The van der Waals surface area contributed by atoms with Crippen molar-refractivity contribution < 1.29 is 32.5 Å². The van der Waals surface area contributed by atoms with Gasteiger partial charge in [-0.2, -0.15) is 0 Å². The molecule has 2 rings (SSSR count). The van der Waals surface area contributed by atoms with Gasteiger partial charge in [-0.1, -0.05) is 0 Å². The topological polar surface area (TPSA) is 99.1 Å². The molecule has 1 N–H and O–H groups in total. The lowest BCUT2D eigenvalue weighted by molar-refractivity contribution is -0.0374. The van der Waals surface area contributed by atoms with E-state index in [0.29, 0.717) is 18.1 Å². The first-order chi connectivity index (χ1) is 13.3. The normalized spacial score (nSPS) is 13.0. The van der Waals surface area contributed by atoms with Gasteiger partial charge in [0.2, 0.25) is 0 Å². The molecule has 8 heteroatoms. The minimum atomic E-state index is -3.31. The predicted molar refractivity (Wildman–Crippen MR) is 109 cm³/mol. The van der Waals surface area contributed by atoms with Gasteiger partial charge in [-0.25, -0.2) is 13.2 Å². The van der Waals surface area contributed by atoms with Gasteiger partial charge < -0.3 is 19.3 Å². The summed E-state index contributed by atoms with van der Waals surface area (Å²) < 4.78 is 40.3. The van der Waals surface area contributed by atoms with Gasteiger partial charge in [0.25, 0.3) is 0 Å². The van der Waals surface area contributed by atoms with Crippen molar-refractivity contribution in [1.29, 1.82) is 0 Å². The van der Waals surface area contributed by atoms with Crippen molar-refractivity contribution in [2.45, 2.75) is 44.3 Å². The molecule has 0 heterocycles. The number of benzene rings is 2. The zero-order valence-electron chi connectivity index (χ0n) is 17.1. The SMILES string of the molecule is CC(COC(C)(C)C)Oc1cc(Oc2ccc(S(C)(=O)=O)cc2)cc(C(=O)O)c1. The van der Waals surface area contributed by atoms with Crippen LogP contribution in [0.2, 0.25) is 0 Å². The maximum atomic E-state index is 11.6. The number of aromatic carboxylic acids is 1. The van der Waals surface area contributed by atoms with Crippen LogP contribution in [0, 0.1) is 0 Å². The third-order valence-electron chi connectivity index (χ3n) is 3.70. The summed E-state index contributed by atoms with van der Waals surface area (Å²) in [6, 6.07) is 10.2. The second-order valence-corrected chi connectivity index (χ2v) is 9.71. The third kappa shape index (κ3) is 7.40. The van der Waals surface area contributed by atoms with Crippen LogP contribution in [0.25, 0.3) is 0 Å². The van der Waals surface area contributed by atoms with E-state index in [-0.39, 0.29) is 27.9 Å². The summed E-state index contributed by atoms with van der Waals surface area (Å²) in [7, 11) is -3.31. The van der Waals surface area contributed by atoms with Gasteiger partial charge >= 0.3 is 5.97 Å². The van der Waals surface area contributed by atoms with Crippen LogP contribution in [0.4, 0.5) is 0 Å². The molecule has 0 amide bonds. The van der Waals surface area contributed by atoms with Crippen molar-refractivity contribution in [1.82, 2.24) is 0 Å². The molecular weight excluding hydrogens is 396 g/mol. The summed E-state index contributed by atoms with van der Waals surface area (Å²) in [6.45, 7) is 7.97. The second-order valence-electron chi connectivity index (χ2n) is 7.70. The van der Waals surface area contributed by atoms with Crippen LogP contribution >= 0.6 is 0 Å². The molecule has 0 saturated carbocycles. The van der Waals surface area contributed by atoms with Crippen LogP contribution in [0.3, 0.4) is 0 Å². The summed E-state index contributed by atoms with van der Waals surface area (Å²) in [5.74, 6) is -0.157. The number of sulfone groups is 1. The third-order valence-corrected chi connectivity index (χ3v) is 4.83. The lowest BCUT2D eigenvalue weighted by atomic mass is 10.2. The van der Waals surface area contributed by atoms with Crippen molar-refractivity contribution in [3.63, 3.8) is 0 Å². The summed E-state index contributed by atoms with van der Waals surface area (Å²) in [4.78, 5) is 11.6. The van der Waals surface area contributed by atoms with Crippen LogP contribution < -0.4 is 9.47 Å². The van der Waals surface area contributed by atoms with E-state index < -0.39 is 15.8 Å². The minimum Gasteiger partial charge on any atom is -0.488 e. The largest absolute Gasteiger partial charge is 0.488 e. The van der Waals surface area contributed by atoms with Crippen LogP contribution in [0.15, 0.2) is 47.4 Å². The highest BCUT2D eigenvalue weighted by Crippen LogP contribution is 2.29. The molecule has 1 unspecified atom stereocenters. The molecule has 2 aromatic carbocycles. The van der Waals surface area contributed by atoms with Crippen LogP contribution in [0.1, 0.15) is 38.1 Å². The fraction of sp³-hybridized carbons (Fsp3) is 0.381. The molecule has 0 fully saturated rings.